The van der Waals surface area contributed by atoms with Crippen LogP contribution in [0.5, 0.6) is 0 Å². The van der Waals surface area contributed by atoms with Crippen LogP contribution in [0.25, 0.3) is 0 Å². The zero-order chi connectivity index (χ0) is 8.43. The molecule has 0 saturated heterocycles. The van der Waals surface area contributed by atoms with E-state index in [1.165, 1.54) is 6.08 Å². The maximum Gasteiger partial charge on any atom is 0.113 e. The van der Waals surface area contributed by atoms with Crippen molar-refractivity contribution < 1.29 is 5.11 Å². The molecule has 3 nitrogen and oxygen atoms in total. The van der Waals surface area contributed by atoms with Crippen LogP contribution in [0.4, 0.5) is 0 Å². The van der Waals surface area contributed by atoms with Crippen molar-refractivity contribution in [2.75, 3.05) is 0 Å². The van der Waals surface area contributed by atoms with Crippen LogP contribution in [0.1, 0.15) is 17.5 Å². The summed E-state index contributed by atoms with van der Waals surface area (Å²) >= 11 is 0. The Morgan fingerprint density at radius 1 is 1.82 bits per heavy atom. The second-order valence-electron chi connectivity index (χ2n) is 2.51. The molecular formula is C8H12N2O. The van der Waals surface area contributed by atoms with Crippen molar-refractivity contribution in [2.45, 2.75) is 13.0 Å². The molecule has 1 N–H and O–H groups in total. The maximum atomic E-state index is 9.34. The van der Waals surface area contributed by atoms with Crippen LogP contribution < -0.4 is 0 Å². The predicted octanol–water partition coefficient (Wildman–Crippen LogP) is 0.948. The zero-order valence-electron chi connectivity index (χ0n) is 6.78. The van der Waals surface area contributed by atoms with E-state index in [0.717, 1.165) is 11.4 Å². The summed E-state index contributed by atoms with van der Waals surface area (Å²) in [6.45, 7) is 5.38. The fraction of sp³-hybridized carbons (Fsp3) is 0.375. The maximum absolute atomic E-state index is 9.34. The van der Waals surface area contributed by atoms with Gasteiger partial charge < -0.3 is 5.11 Å². The summed E-state index contributed by atoms with van der Waals surface area (Å²) < 4.78 is 1.65. The third kappa shape index (κ3) is 1.49. The van der Waals surface area contributed by atoms with E-state index in [1.54, 1.807) is 11.7 Å². The van der Waals surface area contributed by atoms with Crippen molar-refractivity contribution in [3.8, 4) is 0 Å². The first kappa shape index (κ1) is 8.01. The Morgan fingerprint density at radius 2 is 2.45 bits per heavy atom. The van der Waals surface area contributed by atoms with Crippen LogP contribution in [0.2, 0.25) is 0 Å². The molecule has 0 radical (unpaired) electrons. The topological polar surface area (TPSA) is 38.1 Å². The minimum absolute atomic E-state index is 0.610. The van der Waals surface area contributed by atoms with Crippen molar-refractivity contribution in [1.82, 2.24) is 9.78 Å². The molecule has 1 heterocycles. The Morgan fingerprint density at radius 3 is 2.82 bits per heavy atom. The summed E-state index contributed by atoms with van der Waals surface area (Å²) in [6.07, 6.45) is 0.873. The highest BCUT2D eigenvalue weighted by Gasteiger charge is 2.07. The second-order valence-corrected chi connectivity index (χ2v) is 2.51. The number of hydrogen-bond donors (Lipinski definition) is 1. The lowest BCUT2D eigenvalue weighted by molar-refractivity contribution is 0.218. The van der Waals surface area contributed by atoms with Gasteiger partial charge in [-0.1, -0.05) is 6.08 Å². The van der Waals surface area contributed by atoms with Gasteiger partial charge in [0.05, 0.1) is 11.4 Å². The third-order valence-electron chi connectivity index (χ3n) is 1.56. The van der Waals surface area contributed by atoms with Crippen molar-refractivity contribution in [3.05, 3.63) is 30.1 Å². The van der Waals surface area contributed by atoms with Crippen molar-refractivity contribution in [3.63, 3.8) is 0 Å². The molecule has 1 unspecified atom stereocenters. The molecule has 11 heavy (non-hydrogen) atoms. The average molecular weight is 152 g/mol. The fourth-order valence-corrected chi connectivity index (χ4v) is 1.03. The van der Waals surface area contributed by atoms with E-state index < -0.39 is 6.10 Å². The quantitative estimate of drug-likeness (QED) is 0.641. The standard InChI is InChI=1S/C8H12N2O/c1-4-8(11)7-5-6(2)9-10(7)3/h4-5,8,11H,1H2,2-3H3. The van der Waals surface area contributed by atoms with Gasteiger partial charge in [-0.3, -0.25) is 4.68 Å². The Hall–Kier alpha value is -1.09. The van der Waals surface area contributed by atoms with Crippen molar-refractivity contribution >= 4 is 0 Å². The molecule has 60 valence electrons. The van der Waals surface area contributed by atoms with Gasteiger partial charge in [0, 0.05) is 7.05 Å². The molecule has 1 atom stereocenters. The van der Waals surface area contributed by atoms with E-state index in [4.69, 9.17) is 0 Å². The Bertz CT molecular complexity index is 265. The first-order valence-electron chi connectivity index (χ1n) is 3.46. The summed E-state index contributed by atoms with van der Waals surface area (Å²) in [5.41, 5.74) is 1.68. The number of rotatable bonds is 2. The molecule has 0 amide bonds. The number of aromatic nitrogens is 2. The lowest BCUT2D eigenvalue weighted by atomic mass is 10.2. The van der Waals surface area contributed by atoms with Gasteiger partial charge in [0.25, 0.3) is 0 Å². The van der Waals surface area contributed by atoms with Crippen LogP contribution in [0.15, 0.2) is 18.7 Å². The lowest BCUT2D eigenvalue weighted by Gasteiger charge is -2.03. The van der Waals surface area contributed by atoms with E-state index in [0.29, 0.717) is 0 Å². The third-order valence-corrected chi connectivity index (χ3v) is 1.56. The van der Waals surface area contributed by atoms with Crippen LogP contribution in [0.3, 0.4) is 0 Å². The summed E-state index contributed by atoms with van der Waals surface area (Å²) in [5, 5.41) is 13.4. The molecule has 0 spiro atoms. The van der Waals surface area contributed by atoms with Gasteiger partial charge >= 0.3 is 0 Å². The van der Waals surface area contributed by atoms with Gasteiger partial charge in [-0.2, -0.15) is 5.10 Å². The summed E-state index contributed by atoms with van der Waals surface area (Å²) in [6, 6.07) is 1.84. The highest BCUT2D eigenvalue weighted by atomic mass is 16.3. The van der Waals surface area contributed by atoms with Crippen molar-refractivity contribution in [1.29, 1.82) is 0 Å². The molecule has 1 aromatic rings. The number of aliphatic hydroxyl groups is 1. The molecule has 0 aliphatic carbocycles. The largest absolute Gasteiger partial charge is 0.383 e. The van der Waals surface area contributed by atoms with E-state index in [-0.39, 0.29) is 0 Å². The zero-order valence-corrected chi connectivity index (χ0v) is 6.78. The molecule has 0 aromatic carbocycles. The van der Waals surface area contributed by atoms with E-state index in [1.807, 2.05) is 13.0 Å². The molecule has 0 fully saturated rings. The number of aryl methyl sites for hydroxylation is 2. The molecule has 1 rings (SSSR count). The van der Waals surface area contributed by atoms with Gasteiger partial charge in [-0.05, 0) is 13.0 Å². The molecule has 3 heteroatoms. The smallest absolute Gasteiger partial charge is 0.113 e. The predicted molar refractivity (Wildman–Crippen MR) is 43.1 cm³/mol. The minimum Gasteiger partial charge on any atom is -0.383 e. The first-order chi connectivity index (χ1) is 5.15. The van der Waals surface area contributed by atoms with Gasteiger partial charge in [0.2, 0.25) is 0 Å². The van der Waals surface area contributed by atoms with E-state index in [2.05, 4.69) is 11.7 Å². The number of aliphatic hydroxyl groups excluding tert-OH is 1. The van der Waals surface area contributed by atoms with Crippen LogP contribution >= 0.6 is 0 Å². The van der Waals surface area contributed by atoms with E-state index in [9.17, 15) is 5.11 Å². The fourth-order valence-electron chi connectivity index (χ4n) is 1.03. The number of nitrogens with zero attached hydrogens (tertiary/aromatic N) is 2. The summed E-state index contributed by atoms with van der Waals surface area (Å²) in [5.74, 6) is 0. The van der Waals surface area contributed by atoms with Crippen LogP contribution in [0, 0.1) is 6.92 Å². The minimum atomic E-state index is -0.610. The van der Waals surface area contributed by atoms with Gasteiger partial charge in [-0.25, -0.2) is 0 Å². The molecule has 0 bridgehead atoms. The highest BCUT2D eigenvalue weighted by Crippen LogP contribution is 2.13. The van der Waals surface area contributed by atoms with Gasteiger partial charge in [-0.15, -0.1) is 6.58 Å². The Kier molecular flexibility index (Phi) is 2.10. The van der Waals surface area contributed by atoms with Gasteiger partial charge in [0.15, 0.2) is 0 Å². The normalized spacial score (nSPS) is 13.0. The van der Waals surface area contributed by atoms with Crippen LogP contribution in [-0.4, -0.2) is 14.9 Å². The Balaban J connectivity index is 3.02. The molecule has 0 aliphatic rings. The summed E-state index contributed by atoms with van der Waals surface area (Å²) in [7, 11) is 1.80. The Labute approximate surface area is 66.0 Å². The monoisotopic (exact) mass is 152 g/mol. The molecule has 0 saturated carbocycles. The summed E-state index contributed by atoms with van der Waals surface area (Å²) in [4.78, 5) is 0. The SMILES string of the molecule is C=CC(O)c1cc(C)nn1C. The van der Waals surface area contributed by atoms with Gasteiger partial charge in [0.1, 0.15) is 6.10 Å². The molecule has 1 aromatic heterocycles. The van der Waals surface area contributed by atoms with Crippen LogP contribution in [-0.2, 0) is 7.05 Å². The lowest BCUT2D eigenvalue weighted by Crippen LogP contribution is -2.02. The molecule has 0 aliphatic heterocycles. The van der Waals surface area contributed by atoms with Crippen molar-refractivity contribution in [2.24, 2.45) is 7.05 Å². The number of hydrogen-bond acceptors (Lipinski definition) is 2. The van der Waals surface area contributed by atoms with E-state index >= 15 is 0 Å². The highest BCUT2D eigenvalue weighted by molar-refractivity contribution is 5.14. The molecular weight excluding hydrogens is 140 g/mol. The average Bonchev–Trinajstić information content (AvgIpc) is 2.28. The second kappa shape index (κ2) is 2.88. The first-order valence-corrected chi connectivity index (χ1v) is 3.46.